The van der Waals surface area contributed by atoms with Crippen molar-refractivity contribution >= 4 is 51.7 Å². The average Bonchev–Trinajstić information content (AvgIpc) is 3.63. The van der Waals surface area contributed by atoms with Gasteiger partial charge >= 0.3 is 0 Å². The Labute approximate surface area is 236 Å². The third-order valence-corrected chi connectivity index (χ3v) is 9.43. The van der Waals surface area contributed by atoms with Crippen LogP contribution in [0.3, 0.4) is 0 Å². The summed E-state index contributed by atoms with van der Waals surface area (Å²) in [6.45, 7) is 7.22. The molecule has 0 radical (unpaired) electrons. The van der Waals surface area contributed by atoms with Crippen LogP contribution in [0.4, 0.5) is 0 Å². The van der Waals surface area contributed by atoms with E-state index >= 15 is 0 Å². The molecule has 3 heterocycles. The van der Waals surface area contributed by atoms with Gasteiger partial charge in [-0.15, -0.1) is 23.2 Å². The van der Waals surface area contributed by atoms with Gasteiger partial charge in [0.15, 0.2) is 5.78 Å². The van der Waals surface area contributed by atoms with Crippen LogP contribution in [0.25, 0.3) is 22.0 Å². The molecule has 3 aromatic rings. The van der Waals surface area contributed by atoms with Gasteiger partial charge in [0.05, 0.1) is 5.52 Å². The fraction of sp³-hybridized carbons (Fsp3) is 0.500. The summed E-state index contributed by atoms with van der Waals surface area (Å²) >= 11 is 12.4. The summed E-state index contributed by atoms with van der Waals surface area (Å²) < 4.78 is 0.771. The topological polar surface area (TPSA) is 110 Å². The van der Waals surface area contributed by atoms with Crippen LogP contribution in [-0.4, -0.2) is 64.7 Å². The number of hydrogen-bond donors (Lipinski definition) is 1. The van der Waals surface area contributed by atoms with Crippen LogP contribution in [0.5, 0.6) is 0 Å². The van der Waals surface area contributed by atoms with Crippen molar-refractivity contribution in [2.45, 2.75) is 76.0 Å². The monoisotopic (exact) mass is 568 g/mol. The lowest BCUT2D eigenvalue weighted by Gasteiger charge is -2.28. The smallest absolute Gasteiger partial charge is 0.245 e. The van der Waals surface area contributed by atoms with Crippen molar-refractivity contribution in [3.8, 4) is 11.1 Å². The molecular weight excluding hydrogens is 539 g/mol. The Morgan fingerprint density at radius 2 is 1.82 bits per heavy atom. The first kappa shape index (κ1) is 26.2. The van der Waals surface area contributed by atoms with Crippen molar-refractivity contribution in [2.24, 2.45) is 11.3 Å². The molecule has 6 rings (SSSR count). The first-order valence-corrected chi connectivity index (χ1v) is 13.9. The standard InChI is InChI=1S/C28H30Cl2N6O3/c1-14(20-8-28(20,29)30)33-26(39)22-9-27(4)10-23(27)36(22)24(38)13-35-21-6-5-17(18-11-31-16(3)32-12-18)7-19(21)25(34-35)15(2)37/h5-7,11-12,14,20,22-23H,8-10,13H2,1-4H3,(H,33,39)/t14-,20-,22+,23?,27+/m1/s1. The average molecular weight is 569 g/mol. The van der Waals surface area contributed by atoms with E-state index in [0.29, 0.717) is 35.3 Å². The maximum Gasteiger partial charge on any atom is 0.245 e. The molecule has 1 aliphatic heterocycles. The fourth-order valence-corrected chi connectivity index (χ4v) is 6.76. The third-order valence-electron chi connectivity index (χ3n) is 8.56. The van der Waals surface area contributed by atoms with Crippen molar-refractivity contribution in [3.05, 3.63) is 42.1 Å². The molecule has 3 fully saturated rings. The van der Waals surface area contributed by atoms with Crippen molar-refractivity contribution < 1.29 is 14.4 Å². The third kappa shape index (κ3) is 4.59. The van der Waals surface area contributed by atoms with Gasteiger partial charge < -0.3 is 10.2 Å². The zero-order valence-corrected chi connectivity index (χ0v) is 23.8. The Morgan fingerprint density at radius 1 is 1.13 bits per heavy atom. The fourth-order valence-electron chi connectivity index (χ4n) is 6.05. The molecule has 0 bridgehead atoms. The predicted octanol–water partition coefficient (Wildman–Crippen LogP) is 4.08. The Balaban J connectivity index is 1.26. The minimum Gasteiger partial charge on any atom is -0.351 e. The summed E-state index contributed by atoms with van der Waals surface area (Å²) in [6, 6.07) is 4.90. The number of likely N-dealkylation sites (tertiary alicyclic amines) is 1. The van der Waals surface area contributed by atoms with Gasteiger partial charge in [0.25, 0.3) is 0 Å². The lowest BCUT2D eigenvalue weighted by atomic mass is 10.0. The highest BCUT2D eigenvalue weighted by Gasteiger charge is 2.64. The van der Waals surface area contributed by atoms with Gasteiger partial charge in [-0.3, -0.25) is 19.1 Å². The number of aryl methyl sites for hydroxylation is 1. The number of carbonyl (C=O) groups is 3. The molecule has 2 aliphatic carbocycles. The Kier molecular flexibility index (Phi) is 6.04. The van der Waals surface area contributed by atoms with Crippen molar-refractivity contribution in [2.75, 3.05) is 0 Å². The highest BCUT2D eigenvalue weighted by Crippen LogP contribution is 2.59. The molecular formula is C28H30Cl2N6O3. The number of benzene rings is 1. The number of halogens is 2. The molecule has 39 heavy (non-hydrogen) atoms. The van der Waals surface area contributed by atoms with Crippen LogP contribution < -0.4 is 5.32 Å². The summed E-state index contributed by atoms with van der Waals surface area (Å²) in [4.78, 5) is 49.8. The summed E-state index contributed by atoms with van der Waals surface area (Å²) in [5, 5.41) is 8.23. The van der Waals surface area contributed by atoms with E-state index in [-0.39, 0.29) is 47.6 Å². The number of aromatic nitrogens is 4. The molecule has 2 saturated carbocycles. The Morgan fingerprint density at radius 3 is 2.46 bits per heavy atom. The Bertz CT molecular complexity index is 1520. The summed E-state index contributed by atoms with van der Waals surface area (Å²) in [5.74, 6) is 0.0992. The number of ketones is 1. The van der Waals surface area contributed by atoms with E-state index in [0.717, 1.165) is 17.5 Å². The maximum atomic E-state index is 13.7. The van der Waals surface area contributed by atoms with Gasteiger partial charge in [0.2, 0.25) is 11.8 Å². The first-order chi connectivity index (χ1) is 18.4. The van der Waals surface area contributed by atoms with Crippen LogP contribution in [-0.2, 0) is 16.1 Å². The number of nitrogens with one attached hydrogen (secondary N) is 1. The molecule has 204 valence electrons. The van der Waals surface area contributed by atoms with E-state index in [4.69, 9.17) is 23.2 Å². The molecule has 11 heteroatoms. The summed E-state index contributed by atoms with van der Waals surface area (Å²) in [7, 11) is 0. The number of carbonyl (C=O) groups excluding carboxylic acids is 3. The minimum atomic E-state index is -0.798. The number of alkyl halides is 2. The highest BCUT2D eigenvalue weighted by molar-refractivity contribution is 6.51. The molecule has 1 unspecified atom stereocenters. The number of hydrogen-bond acceptors (Lipinski definition) is 6. The minimum absolute atomic E-state index is 0.00253. The molecule has 2 aromatic heterocycles. The van der Waals surface area contributed by atoms with Gasteiger partial charge in [-0.1, -0.05) is 13.0 Å². The van der Waals surface area contributed by atoms with Crippen LogP contribution in [0.15, 0.2) is 30.6 Å². The number of piperidine rings is 1. The largest absolute Gasteiger partial charge is 0.351 e. The van der Waals surface area contributed by atoms with E-state index in [1.807, 2.05) is 32.0 Å². The van der Waals surface area contributed by atoms with Crippen LogP contribution in [0.2, 0.25) is 0 Å². The van der Waals surface area contributed by atoms with Crippen LogP contribution >= 0.6 is 23.2 Å². The molecule has 2 amide bonds. The molecule has 0 spiro atoms. The zero-order chi connectivity index (χ0) is 27.9. The SMILES string of the molecule is CC(=O)c1nn(CC(=O)N2C3C[C@]3(C)C[C@H]2C(=O)N[C@H](C)[C@H]2CC2(Cl)Cl)c2ccc(-c3cnc(C)nc3)cc12. The maximum absolute atomic E-state index is 13.7. The summed E-state index contributed by atoms with van der Waals surface area (Å²) in [5.41, 5.74) is 2.57. The lowest BCUT2D eigenvalue weighted by molar-refractivity contribution is -0.140. The first-order valence-electron chi connectivity index (χ1n) is 13.2. The highest BCUT2D eigenvalue weighted by atomic mass is 35.5. The van der Waals surface area contributed by atoms with E-state index in [1.54, 1.807) is 22.0 Å². The molecule has 3 aliphatic rings. The van der Waals surface area contributed by atoms with E-state index < -0.39 is 10.4 Å². The van der Waals surface area contributed by atoms with Gasteiger partial charge in [-0.25, -0.2) is 9.97 Å². The van der Waals surface area contributed by atoms with E-state index in [9.17, 15) is 14.4 Å². The van der Waals surface area contributed by atoms with Crippen molar-refractivity contribution in [1.29, 1.82) is 0 Å². The van der Waals surface area contributed by atoms with Crippen molar-refractivity contribution in [3.63, 3.8) is 0 Å². The number of nitrogens with zero attached hydrogens (tertiary/aromatic N) is 5. The number of fused-ring (bicyclic) bond motifs is 2. The second-order valence-electron chi connectivity index (χ2n) is 11.6. The molecule has 1 N–H and O–H groups in total. The van der Waals surface area contributed by atoms with E-state index in [1.165, 1.54) is 6.92 Å². The molecule has 1 aromatic carbocycles. The molecule has 1 saturated heterocycles. The van der Waals surface area contributed by atoms with Gasteiger partial charge in [0.1, 0.15) is 28.4 Å². The van der Waals surface area contributed by atoms with Gasteiger partial charge in [0, 0.05) is 48.3 Å². The number of rotatable bonds is 7. The number of amides is 2. The second kappa shape index (κ2) is 8.99. The predicted molar refractivity (Wildman–Crippen MR) is 147 cm³/mol. The van der Waals surface area contributed by atoms with Gasteiger partial charge in [-0.05, 0) is 56.2 Å². The normalized spacial score (nSPS) is 27.2. The molecule has 9 nitrogen and oxygen atoms in total. The molecule has 5 atom stereocenters. The summed E-state index contributed by atoms with van der Waals surface area (Å²) in [6.07, 6.45) is 5.59. The lowest BCUT2D eigenvalue weighted by Crippen LogP contribution is -2.51. The van der Waals surface area contributed by atoms with E-state index in [2.05, 4.69) is 27.3 Å². The quantitative estimate of drug-likeness (QED) is 0.339. The van der Waals surface area contributed by atoms with Crippen molar-refractivity contribution in [1.82, 2.24) is 30.0 Å². The Hall–Kier alpha value is -3.04. The van der Waals surface area contributed by atoms with Crippen LogP contribution in [0, 0.1) is 18.3 Å². The second-order valence-corrected chi connectivity index (χ2v) is 13.1. The number of Topliss-reactive ketones (excluding diaryl/α,β-unsaturated/α-hetero) is 1. The van der Waals surface area contributed by atoms with Gasteiger partial charge in [-0.2, -0.15) is 5.10 Å². The zero-order valence-electron chi connectivity index (χ0n) is 22.2. The van der Waals surface area contributed by atoms with Crippen LogP contribution in [0.1, 0.15) is 56.3 Å².